The number of halogens is 1. The van der Waals surface area contributed by atoms with Gasteiger partial charge in [0.05, 0.1) is 0 Å². The number of carbonyl (C=O) groups excluding carboxylic acids is 1. The number of hydrogen-bond donors (Lipinski definition) is 1. The zero-order valence-corrected chi connectivity index (χ0v) is 7.32. The second-order valence-corrected chi connectivity index (χ2v) is 3.36. The molecule has 1 saturated heterocycles. The van der Waals surface area contributed by atoms with Gasteiger partial charge in [-0.3, -0.25) is 4.79 Å². The van der Waals surface area contributed by atoms with Crippen molar-refractivity contribution in [3.05, 3.63) is 0 Å². The quantitative estimate of drug-likeness (QED) is 0.595. The third-order valence-corrected chi connectivity index (χ3v) is 2.80. The molecule has 0 aromatic rings. The summed E-state index contributed by atoms with van der Waals surface area (Å²) < 4.78 is 0. The van der Waals surface area contributed by atoms with Crippen molar-refractivity contribution in [1.82, 2.24) is 5.32 Å². The van der Waals surface area contributed by atoms with Crippen LogP contribution >= 0.6 is 12.4 Å². The lowest BCUT2D eigenvalue weighted by Gasteiger charge is -2.24. The van der Waals surface area contributed by atoms with Crippen LogP contribution in [-0.4, -0.2) is 18.9 Å². The molecule has 3 heteroatoms. The van der Waals surface area contributed by atoms with Gasteiger partial charge >= 0.3 is 0 Å². The van der Waals surface area contributed by atoms with E-state index in [4.69, 9.17) is 0 Å². The Morgan fingerprint density at radius 3 is 2.91 bits per heavy atom. The molecule has 0 radical (unpaired) electrons. The normalized spacial score (nSPS) is 36.2. The summed E-state index contributed by atoms with van der Waals surface area (Å²) >= 11 is 0. The minimum atomic E-state index is 0. The Bertz CT molecular complexity index is 160. The Hall–Kier alpha value is -0.0800. The van der Waals surface area contributed by atoms with Crippen molar-refractivity contribution in [2.75, 3.05) is 13.1 Å². The molecule has 0 spiro atoms. The summed E-state index contributed by atoms with van der Waals surface area (Å²) in [7, 11) is 0. The number of Topliss-reactive ketones (excluding diaryl/α,β-unsaturated/α-hetero) is 1. The molecule has 0 unspecified atom stereocenters. The average Bonchev–Trinajstić information content (AvgIpc) is 2.34. The highest BCUT2D eigenvalue weighted by molar-refractivity contribution is 5.85. The van der Waals surface area contributed by atoms with Crippen molar-refractivity contribution < 1.29 is 4.79 Å². The second kappa shape index (κ2) is 3.55. The maximum atomic E-state index is 11.2. The van der Waals surface area contributed by atoms with Crippen molar-refractivity contribution in [2.45, 2.75) is 19.3 Å². The van der Waals surface area contributed by atoms with E-state index in [2.05, 4.69) is 5.32 Å². The zero-order chi connectivity index (χ0) is 6.97. The Labute approximate surface area is 73.1 Å². The second-order valence-electron chi connectivity index (χ2n) is 3.36. The van der Waals surface area contributed by atoms with Crippen LogP contribution < -0.4 is 5.32 Å². The smallest absolute Gasteiger partial charge is 0.137 e. The van der Waals surface area contributed by atoms with Crippen LogP contribution in [0.2, 0.25) is 0 Å². The van der Waals surface area contributed by atoms with Gasteiger partial charge in [0.15, 0.2) is 0 Å². The van der Waals surface area contributed by atoms with E-state index in [9.17, 15) is 4.79 Å². The third-order valence-electron chi connectivity index (χ3n) is 2.80. The van der Waals surface area contributed by atoms with E-state index in [0.29, 0.717) is 11.7 Å². The number of carbonyl (C=O) groups is 1. The third kappa shape index (κ3) is 1.57. The molecule has 0 aromatic heterocycles. The number of fused-ring (bicyclic) bond motifs is 1. The molecule has 64 valence electrons. The molecule has 1 aliphatic carbocycles. The standard InChI is InChI=1S/C8H13NO.ClH/c10-8-2-1-6-3-4-9-5-7(6)8;/h6-7,9H,1-5H2;1H/t6-,7+;/m0./s1. The fraction of sp³-hybridized carbons (Fsp3) is 0.875. The van der Waals surface area contributed by atoms with E-state index in [1.165, 1.54) is 6.42 Å². The fourth-order valence-electron chi connectivity index (χ4n) is 2.15. The Morgan fingerprint density at radius 2 is 2.18 bits per heavy atom. The maximum Gasteiger partial charge on any atom is 0.137 e. The molecule has 1 saturated carbocycles. The van der Waals surface area contributed by atoms with Crippen molar-refractivity contribution >= 4 is 18.2 Å². The van der Waals surface area contributed by atoms with Crippen molar-refractivity contribution in [2.24, 2.45) is 11.8 Å². The van der Waals surface area contributed by atoms with Crippen LogP contribution in [0.4, 0.5) is 0 Å². The van der Waals surface area contributed by atoms with Gasteiger partial charge in [-0.2, -0.15) is 0 Å². The highest BCUT2D eigenvalue weighted by atomic mass is 35.5. The highest BCUT2D eigenvalue weighted by Crippen LogP contribution is 2.32. The van der Waals surface area contributed by atoms with E-state index in [0.717, 1.165) is 31.8 Å². The molecule has 0 bridgehead atoms. The summed E-state index contributed by atoms with van der Waals surface area (Å²) in [5, 5.41) is 3.27. The molecule has 0 aromatic carbocycles. The molecule has 1 aliphatic heterocycles. The first-order valence-electron chi connectivity index (χ1n) is 4.11. The van der Waals surface area contributed by atoms with Crippen LogP contribution in [0.1, 0.15) is 19.3 Å². The Balaban J connectivity index is 0.000000605. The van der Waals surface area contributed by atoms with Crippen molar-refractivity contribution in [1.29, 1.82) is 0 Å². The van der Waals surface area contributed by atoms with Crippen LogP contribution in [0.3, 0.4) is 0 Å². The molecule has 2 nitrogen and oxygen atoms in total. The molecular formula is C8H14ClNO. The van der Waals surface area contributed by atoms with Crippen LogP contribution in [0.5, 0.6) is 0 Å². The summed E-state index contributed by atoms with van der Waals surface area (Å²) in [5.74, 6) is 1.61. The summed E-state index contributed by atoms with van der Waals surface area (Å²) in [6.45, 7) is 2.07. The van der Waals surface area contributed by atoms with Crippen LogP contribution in [0, 0.1) is 11.8 Å². The summed E-state index contributed by atoms with van der Waals surface area (Å²) in [6.07, 6.45) is 3.22. The topological polar surface area (TPSA) is 29.1 Å². The molecule has 1 N–H and O–H groups in total. The monoisotopic (exact) mass is 175 g/mol. The predicted molar refractivity (Wildman–Crippen MR) is 46.0 cm³/mol. The van der Waals surface area contributed by atoms with Crippen LogP contribution in [-0.2, 0) is 4.79 Å². The van der Waals surface area contributed by atoms with E-state index >= 15 is 0 Å². The van der Waals surface area contributed by atoms with Crippen molar-refractivity contribution in [3.63, 3.8) is 0 Å². The van der Waals surface area contributed by atoms with Gasteiger partial charge in [0, 0.05) is 18.9 Å². The predicted octanol–water partition coefficient (Wildman–Crippen LogP) is 0.997. The van der Waals surface area contributed by atoms with Gasteiger partial charge in [-0.1, -0.05) is 0 Å². The molecule has 2 aliphatic rings. The molecule has 2 fully saturated rings. The molecular weight excluding hydrogens is 162 g/mol. The van der Waals surface area contributed by atoms with Gasteiger partial charge in [0.25, 0.3) is 0 Å². The first-order valence-corrected chi connectivity index (χ1v) is 4.11. The summed E-state index contributed by atoms with van der Waals surface area (Å²) in [5.41, 5.74) is 0. The average molecular weight is 176 g/mol. The van der Waals surface area contributed by atoms with Gasteiger partial charge < -0.3 is 5.32 Å². The summed E-state index contributed by atoms with van der Waals surface area (Å²) in [4.78, 5) is 11.2. The lowest BCUT2D eigenvalue weighted by atomic mass is 9.89. The maximum absolute atomic E-state index is 11.2. The number of rotatable bonds is 0. The first kappa shape index (κ1) is 9.01. The van der Waals surface area contributed by atoms with E-state index < -0.39 is 0 Å². The van der Waals surface area contributed by atoms with Gasteiger partial charge in [0.1, 0.15) is 5.78 Å². The van der Waals surface area contributed by atoms with Gasteiger partial charge in [-0.05, 0) is 25.3 Å². The summed E-state index contributed by atoms with van der Waals surface area (Å²) in [6, 6.07) is 0. The largest absolute Gasteiger partial charge is 0.316 e. The van der Waals surface area contributed by atoms with Gasteiger partial charge in [-0.15, -0.1) is 12.4 Å². The highest BCUT2D eigenvalue weighted by Gasteiger charge is 2.35. The molecule has 2 atom stereocenters. The first-order chi connectivity index (χ1) is 4.88. The van der Waals surface area contributed by atoms with Crippen molar-refractivity contribution in [3.8, 4) is 0 Å². The number of hydrogen-bond acceptors (Lipinski definition) is 2. The minimum Gasteiger partial charge on any atom is -0.316 e. The Morgan fingerprint density at radius 1 is 1.36 bits per heavy atom. The number of piperidine rings is 1. The lowest BCUT2D eigenvalue weighted by molar-refractivity contribution is -0.121. The number of nitrogens with one attached hydrogen (secondary N) is 1. The Kier molecular flexibility index (Phi) is 2.90. The molecule has 2 rings (SSSR count). The lowest BCUT2D eigenvalue weighted by Crippen LogP contribution is -2.36. The zero-order valence-electron chi connectivity index (χ0n) is 6.51. The SMILES string of the molecule is Cl.O=C1CC[C@H]2CCNC[C@@H]12. The van der Waals surface area contributed by atoms with E-state index in [1.807, 2.05) is 0 Å². The van der Waals surface area contributed by atoms with Gasteiger partial charge in [0.2, 0.25) is 0 Å². The molecule has 1 heterocycles. The minimum absolute atomic E-state index is 0. The molecule has 11 heavy (non-hydrogen) atoms. The number of ketones is 1. The van der Waals surface area contributed by atoms with E-state index in [-0.39, 0.29) is 12.4 Å². The van der Waals surface area contributed by atoms with Crippen LogP contribution in [0.15, 0.2) is 0 Å². The molecule has 0 amide bonds. The van der Waals surface area contributed by atoms with E-state index in [1.54, 1.807) is 0 Å². The van der Waals surface area contributed by atoms with Gasteiger partial charge in [-0.25, -0.2) is 0 Å². The fourth-order valence-corrected chi connectivity index (χ4v) is 2.15. The van der Waals surface area contributed by atoms with Crippen LogP contribution in [0.25, 0.3) is 0 Å².